The summed E-state index contributed by atoms with van der Waals surface area (Å²) >= 11 is 7.48. The van der Waals surface area contributed by atoms with Crippen LogP contribution in [0.2, 0.25) is 5.02 Å². The lowest BCUT2D eigenvalue weighted by atomic mass is 10.2. The van der Waals surface area contributed by atoms with Gasteiger partial charge in [0, 0.05) is 21.4 Å². The molecule has 0 spiro atoms. The van der Waals surface area contributed by atoms with Gasteiger partial charge >= 0.3 is 0 Å². The summed E-state index contributed by atoms with van der Waals surface area (Å²) in [5, 5.41) is 3.97. The maximum atomic E-state index is 13.7. The summed E-state index contributed by atoms with van der Waals surface area (Å²) < 4.78 is 13.7. The quantitative estimate of drug-likeness (QED) is 0.742. The largest absolute Gasteiger partial charge is 0.313 e. The molecule has 0 unspecified atom stereocenters. The Morgan fingerprint density at radius 3 is 2.75 bits per heavy atom. The fourth-order valence-electron chi connectivity index (χ4n) is 1.86. The molecule has 1 N–H and O–H groups in total. The lowest BCUT2D eigenvalue weighted by molar-refractivity contribution is 0.615. The van der Waals surface area contributed by atoms with Crippen molar-refractivity contribution < 1.29 is 4.39 Å². The highest BCUT2D eigenvalue weighted by atomic mass is 35.5. The van der Waals surface area contributed by atoms with Gasteiger partial charge in [-0.05, 0) is 54.9 Å². The van der Waals surface area contributed by atoms with Gasteiger partial charge in [0.1, 0.15) is 5.82 Å². The molecular formula is C16H17ClFNS. The van der Waals surface area contributed by atoms with E-state index in [0.717, 1.165) is 28.3 Å². The van der Waals surface area contributed by atoms with Crippen molar-refractivity contribution in [3.8, 4) is 0 Å². The summed E-state index contributed by atoms with van der Waals surface area (Å²) in [6.07, 6.45) is 1.07. The Balaban J connectivity index is 2.11. The second-order valence-corrected chi connectivity index (χ2v) is 6.11. The molecule has 2 aromatic carbocycles. The number of nitrogens with one attached hydrogen (secondary N) is 1. The van der Waals surface area contributed by atoms with Crippen molar-refractivity contribution in [3.05, 3.63) is 58.9 Å². The first-order valence-corrected chi connectivity index (χ1v) is 7.80. The van der Waals surface area contributed by atoms with Crippen molar-refractivity contribution in [2.45, 2.75) is 29.7 Å². The third-order valence-corrected chi connectivity index (χ3v) is 3.91. The maximum absolute atomic E-state index is 13.7. The van der Waals surface area contributed by atoms with Crippen LogP contribution in [0.15, 0.2) is 52.3 Å². The molecule has 106 valence electrons. The third-order valence-electron chi connectivity index (χ3n) is 2.72. The van der Waals surface area contributed by atoms with Gasteiger partial charge in [-0.15, -0.1) is 0 Å². The van der Waals surface area contributed by atoms with Crippen LogP contribution in [-0.4, -0.2) is 6.54 Å². The Kier molecular flexibility index (Phi) is 5.89. The Hall–Kier alpha value is -1.03. The molecule has 20 heavy (non-hydrogen) atoms. The number of rotatable bonds is 6. The topological polar surface area (TPSA) is 12.0 Å². The average Bonchev–Trinajstić information content (AvgIpc) is 2.38. The highest BCUT2D eigenvalue weighted by Gasteiger charge is 2.03. The van der Waals surface area contributed by atoms with Crippen LogP contribution in [0, 0.1) is 5.82 Å². The van der Waals surface area contributed by atoms with Gasteiger partial charge in [0.05, 0.1) is 0 Å². The molecule has 0 bridgehead atoms. The molecule has 0 saturated carbocycles. The molecule has 0 aliphatic carbocycles. The molecule has 0 heterocycles. The van der Waals surface area contributed by atoms with E-state index in [1.165, 1.54) is 11.8 Å². The lowest BCUT2D eigenvalue weighted by Crippen LogP contribution is -2.13. The molecule has 2 aromatic rings. The normalized spacial score (nSPS) is 10.8. The monoisotopic (exact) mass is 309 g/mol. The van der Waals surface area contributed by atoms with Crippen molar-refractivity contribution in [3.63, 3.8) is 0 Å². The fraction of sp³-hybridized carbons (Fsp3) is 0.250. The van der Waals surface area contributed by atoms with E-state index in [9.17, 15) is 4.39 Å². The molecular weight excluding hydrogens is 293 g/mol. The van der Waals surface area contributed by atoms with Gasteiger partial charge in [0.2, 0.25) is 0 Å². The van der Waals surface area contributed by atoms with Crippen LogP contribution in [-0.2, 0) is 6.54 Å². The van der Waals surface area contributed by atoms with Crippen molar-refractivity contribution in [1.29, 1.82) is 0 Å². The van der Waals surface area contributed by atoms with Gasteiger partial charge in [-0.1, -0.05) is 36.4 Å². The van der Waals surface area contributed by atoms with E-state index in [1.54, 1.807) is 12.1 Å². The van der Waals surface area contributed by atoms with Gasteiger partial charge in [0.15, 0.2) is 0 Å². The molecule has 0 aromatic heterocycles. The van der Waals surface area contributed by atoms with Crippen molar-refractivity contribution >= 4 is 23.4 Å². The van der Waals surface area contributed by atoms with Crippen LogP contribution in [0.4, 0.5) is 4.39 Å². The summed E-state index contributed by atoms with van der Waals surface area (Å²) in [5.41, 5.74) is 0.961. The standard InChI is InChI=1S/C16H17ClFNS/c1-2-6-19-11-12-7-14(18)10-16(8-12)20-15-5-3-4-13(17)9-15/h3-5,7-10,19H,2,6,11H2,1H3. The zero-order valence-electron chi connectivity index (χ0n) is 11.3. The Labute approximate surface area is 128 Å². The Bertz CT molecular complexity index is 574. The van der Waals surface area contributed by atoms with Gasteiger partial charge in [-0.25, -0.2) is 4.39 Å². The van der Waals surface area contributed by atoms with Crippen LogP contribution in [0.25, 0.3) is 0 Å². The van der Waals surface area contributed by atoms with E-state index in [4.69, 9.17) is 11.6 Å². The predicted molar refractivity (Wildman–Crippen MR) is 84.0 cm³/mol. The number of hydrogen-bond acceptors (Lipinski definition) is 2. The van der Waals surface area contributed by atoms with E-state index in [-0.39, 0.29) is 5.82 Å². The molecule has 0 fully saturated rings. The Morgan fingerprint density at radius 1 is 1.15 bits per heavy atom. The zero-order chi connectivity index (χ0) is 14.4. The average molecular weight is 310 g/mol. The fourth-order valence-corrected chi connectivity index (χ4v) is 3.10. The minimum absolute atomic E-state index is 0.203. The molecule has 0 aliphatic heterocycles. The predicted octanol–water partition coefficient (Wildman–Crippen LogP) is 5.13. The van der Waals surface area contributed by atoms with E-state index < -0.39 is 0 Å². The van der Waals surface area contributed by atoms with Gasteiger partial charge in [-0.3, -0.25) is 0 Å². The molecule has 0 atom stereocenters. The highest BCUT2D eigenvalue weighted by molar-refractivity contribution is 7.99. The molecule has 0 radical (unpaired) electrons. The second kappa shape index (κ2) is 7.67. The van der Waals surface area contributed by atoms with Crippen LogP contribution in [0.5, 0.6) is 0 Å². The summed E-state index contributed by atoms with van der Waals surface area (Å²) in [6, 6.07) is 12.7. The third kappa shape index (κ3) is 4.82. The van der Waals surface area contributed by atoms with E-state index in [1.807, 2.05) is 30.3 Å². The second-order valence-electron chi connectivity index (χ2n) is 4.53. The van der Waals surface area contributed by atoms with Crippen molar-refractivity contribution in [1.82, 2.24) is 5.32 Å². The summed E-state index contributed by atoms with van der Waals surface area (Å²) in [7, 11) is 0. The minimum Gasteiger partial charge on any atom is -0.313 e. The lowest BCUT2D eigenvalue weighted by Gasteiger charge is -2.07. The summed E-state index contributed by atoms with van der Waals surface area (Å²) in [5.74, 6) is -0.203. The highest BCUT2D eigenvalue weighted by Crippen LogP contribution is 2.30. The molecule has 1 nitrogen and oxygen atoms in total. The smallest absolute Gasteiger partial charge is 0.124 e. The first-order valence-electron chi connectivity index (χ1n) is 6.61. The van der Waals surface area contributed by atoms with Gasteiger partial charge in [0.25, 0.3) is 0 Å². The van der Waals surface area contributed by atoms with Crippen molar-refractivity contribution in [2.24, 2.45) is 0 Å². The Morgan fingerprint density at radius 2 is 2.00 bits per heavy atom. The first-order chi connectivity index (χ1) is 9.67. The molecule has 0 aliphatic rings. The van der Waals surface area contributed by atoms with Crippen LogP contribution < -0.4 is 5.32 Å². The molecule has 2 rings (SSSR count). The number of benzene rings is 2. The van der Waals surface area contributed by atoms with Gasteiger partial charge in [-0.2, -0.15) is 0 Å². The minimum atomic E-state index is -0.203. The van der Waals surface area contributed by atoms with E-state index in [0.29, 0.717) is 11.6 Å². The molecule has 0 amide bonds. The van der Waals surface area contributed by atoms with Gasteiger partial charge < -0.3 is 5.32 Å². The SMILES string of the molecule is CCCNCc1cc(F)cc(Sc2cccc(Cl)c2)c1. The number of halogens is 2. The van der Waals surface area contributed by atoms with E-state index >= 15 is 0 Å². The number of hydrogen-bond donors (Lipinski definition) is 1. The van der Waals surface area contributed by atoms with Crippen LogP contribution in [0.3, 0.4) is 0 Å². The molecule has 0 saturated heterocycles. The summed E-state index contributed by atoms with van der Waals surface area (Å²) in [6.45, 7) is 3.74. The summed E-state index contributed by atoms with van der Waals surface area (Å²) in [4.78, 5) is 1.90. The van der Waals surface area contributed by atoms with Crippen LogP contribution in [0.1, 0.15) is 18.9 Å². The first kappa shape index (κ1) is 15.4. The van der Waals surface area contributed by atoms with Crippen LogP contribution >= 0.6 is 23.4 Å². The van der Waals surface area contributed by atoms with Crippen molar-refractivity contribution in [2.75, 3.05) is 6.54 Å². The maximum Gasteiger partial charge on any atom is 0.124 e. The zero-order valence-corrected chi connectivity index (χ0v) is 12.9. The molecule has 4 heteroatoms. The van der Waals surface area contributed by atoms with E-state index in [2.05, 4.69) is 12.2 Å².